The number of benzene rings is 1. The van der Waals surface area contributed by atoms with Crippen molar-refractivity contribution < 1.29 is 13.2 Å². The molecule has 166 valence electrons. The van der Waals surface area contributed by atoms with Crippen molar-refractivity contribution in [2.75, 3.05) is 25.1 Å². The van der Waals surface area contributed by atoms with Crippen LogP contribution in [0.4, 0.5) is 0 Å². The Kier molecular flexibility index (Phi) is 6.28. The number of halogens is 1. The zero-order valence-corrected chi connectivity index (χ0v) is 19.2. The van der Waals surface area contributed by atoms with E-state index >= 15 is 0 Å². The Labute approximate surface area is 188 Å². The predicted molar refractivity (Wildman–Crippen MR) is 125 cm³/mol. The van der Waals surface area contributed by atoms with Gasteiger partial charge in [-0.05, 0) is 55.2 Å². The van der Waals surface area contributed by atoms with Gasteiger partial charge in [0.2, 0.25) is 0 Å². The summed E-state index contributed by atoms with van der Waals surface area (Å²) in [6.07, 6.45) is 8.95. The van der Waals surface area contributed by atoms with E-state index in [-0.39, 0.29) is 5.75 Å². The lowest BCUT2D eigenvalue weighted by molar-refractivity contribution is -0.116. The summed E-state index contributed by atoms with van der Waals surface area (Å²) in [4.78, 5) is 11.8. The standard InChI is InChI=1S/C23H28ClN3O3S/c1-31(29,30)10-4-9-27-19(12-17-11-18(24)7-8-22(17)27)13-26-21-6-3-2-5-20(21)23(16-28)14-25-15-23/h3,6-8,11-12,16,25-26H,2,4-5,9-10,13-15H2,1H3. The summed E-state index contributed by atoms with van der Waals surface area (Å²) in [5.41, 5.74) is 3.89. The summed E-state index contributed by atoms with van der Waals surface area (Å²) in [6, 6.07) is 7.87. The fraction of sp³-hybridized carbons (Fsp3) is 0.435. The van der Waals surface area contributed by atoms with Crippen LogP contribution in [-0.2, 0) is 27.7 Å². The first-order valence-electron chi connectivity index (χ1n) is 10.6. The van der Waals surface area contributed by atoms with Crippen LogP contribution in [0.25, 0.3) is 10.9 Å². The number of aldehydes is 1. The average molecular weight is 462 g/mol. The van der Waals surface area contributed by atoms with Crippen molar-refractivity contribution in [3.8, 4) is 0 Å². The summed E-state index contributed by atoms with van der Waals surface area (Å²) < 4.78 is 25.3. The van der Waals surface area contributed by atoms with Gasteiger partial charge in [-0.1, -0.05) is 17.7 Å². The number of allylic oxidation sites excluding steroid dienone is 2. The molecule has 0 saturated carbocycles. The van der Waals surface area contributed by atoms with E-state index in [9.17, 15) is 13.2 Å². The molecule has 0 unspecified atom stereocenters. The van der Waals surface area contributed by atoms with E-state index < -0.39 is 15.3 Å². The number of fused-ring (bicyclic) bond motifs is 1. The van der Waals surface area contributed by atoms with Gasteiger partial charge in [0.15, 0.2) is 0 Å². The summed E-state index contributed by atoms with van der Waals surface area (Å²) in [7, 11) is -3.01. The molecule has 6 nitrogen and oxygen atoms in total. The Bertz CT molecular complexity index is 1160. The summed E-state index contributed by atoms with van der Waals surface area (Å²) >= 11 is 6.19. The molecule has 4 rings (SSSR count). The topological polar surface area (TPSA) is 80.2 Å². The lowest BCUT2D eigenvalue weighted by Crippen LogP contribution is -2.56. The van der Waals surface area contributed by atoms with E-state index in [1.54, 1.807) is 0 Å². The third-order valence-corrected chi connectivity index (χ3v) is 7.45. The van der Waals surface area contributed by atoms with Gasteiger partial charge in [-0.25, -0.2) is 8.42 Å². The molecule has 31 heavy (non-hydrogen) atoms. The van der Waals surface area contributed by atoms with Crippen molar-refractivity contribution in [2.24, 2.45) is 5.41 Å². The van der Waals surface area contributed by atoms with E-state index in [1.165, 1.54) is 11.8 Å². The molecule has 1 aliphatic carbocycles. The minimum Gasteiger partial charge on any atom is -0.379 e. The molecule has 2 aliphatic rings. The van der Waals surface area contributed by atoms with Crippen molar-refractivity contribution >= 4 is 38.6 Å². The summed E-state index contributed by atoms with van der Waals surface area (Å²) in [5.74, 6) is 0.153. The fourth-order valence-electron chi connectivity index (χ4n) is 4.49. The largest absolute Gasteiger partial charge is 0.379 e. The maximum atomic E-state index is 11.8. The second-order valence-corrected chi connectivity index (χ2v) is 11.2. The Balaban J connectivity index is 1.61. The highest BCUT2D eigenvalue weighted by Gasteiger charge is 2.41. The van der Waals surface area contributed by atoms with Crippen LogP contribution in [0.5, 0.6) is 0 Å². The molecule has 0 radical (unpaired) electrons. The fourth-order valence-corrected chi connectivity index (χ4v) is 5.32. The van der Waals surface area contributed by atoms with Crippen molar-refractivity contribution in [3.05, 3.63) is 58.4 Å². The molecular formula is C23H28ClN3O3S. The lowest BCUT2D eigenvalue weighted by atomic mass is 9.72. The zero-order valence-electron chi connectivity index (χ0n) is 17.7. The van der Waals surface area contributed by atoms with E-state index in [1.807, 2.05) is 18.2 Å². The SMILES string of the molecule is CS(=O)(=O)CCCn1c(CNC2=C(C3(C=O)CNC3)CCC=C2)cc2cc(Cl)ccc21. The number of carbonyl (C=O) groups excluding carboxylic acids is 1. The van der Waals surface area contributed by atoms with Gasteiger partial charge < -0.3 is 20.0 Å². The van der Waals surface area contributed by atoms with Gasteiger partial charge in [-0.3, -0.25) is 0 Å². The molecule has 0 amide bonds. The molecule has 0 atom stereocenters. The maximum Gasteiger partial charge on any atom is 0.147 e. The first-order chi connectivity index (χ1) is 14.8. The predicted octanol–water partition coefficient (Wildman–Crippen LogP) is 3.21. The zero-order chi connectivity index (χ0) is 22.1. The smallest absolute Gasteiger partial charge is 0.147 e. The minimum atomic E-state index is -3.01. The molecule has 1 fully saturated rings. The maximum absolute atomic E-state index is 11.8. The van der Waals surface area contributed by atoms with Crippen LogP contribution < -0.4 is 10.6 Å². The highest BCUT2D eigenvalue weighted by Crippen LogP contribution is 2.37. The molecule has 1 saturated heterocycles. The summed E-state index contributed by atoms with van der Waals surface area (Å²) in [6.45, 7) is 2.57. The highest BCUT2D eigenvalue weighted by molar-refractivity contribution is 7.90. The van der Waals surface area contributed by atoms with Crippen molar-refractivity contribution in [2.45, 2.75) is 32.4 Å². The van der Waals surface area contributed by atoms with Crippen LogP contribution in [0.2, 0.25) is 5.02 Å². The number of carbonyl (C=O) groups is 1. The van der Waals surface area contributed by atoms with Crippen molar-refractivity contribution in [1.82, 2.24) is 15.2 Å². The Morgan fingerprint density at radius 1 is 1.29 bits per heavy atom. The number of sulfone groups is 1. The van der Waals surface area contributed by atoms with Gasteiger partial charge in [0.25, 0.3) is 0 Å². The molecule has 2 heterocycles. The van der Waals surface area contributed by atoms with Crippen LogP contribution in [0.3, 0.4) is 0 Å². The number of hydrogen-bond acceptors (Lipinski definition) is 5. The Morgan fingerprint density at radius 2 is 2.10 bits per heavy atom. The normalized spacial score (nSPS) is 18.3. The second-order valence-electron chi connectivity index (χ2n) is 8.54. The van der Waals surface area contributed by atoms with Crippen LogP contribution >= 0.6 is 11.6 Å². The van der Waals surface area contributed by atoms with Gasteiger partial charge >= 0.3 is 0 Å². The average Bonchev–Trinajstić information content (AvgIpc) is 3.02. The van der Waals surface area contributed by atoms with Crippen LogP contribution in [0.1, 0.15) is 25.0 Å². The lowest BCUT2D eigenvalue weighted by Gasteiger charge is -2.41. The molecule has 1 aliphatic heterocycles. The first-order valence-corrected chi connectivity index (χ1v) is 13.0. The van der Waals surface area contributed by atoms with Gasteiger partial charge in [0.05, 0.1) is 17.7 Å². The molecule has 8 heteroatoms. The number of aromatic nitrogens is 1. The van der Waals surface area contributed by atoms with E-state index in [4.69, 9.17) is 11.6 Å². The summed E-state index contributed by atoms with van der Waals surface area (Å²) in [5, 5.41) is 8.49. The molecule has 2 N–H and O–H groups in total. The molecule has 1 aromatic carbocycles. The number of aryl methyl sites for hydroxylation is 1. The monoisotopic (exact) mass is 461 g/mol. The number of nitrogens with one attached hydrogen (secondary N) is 2. The van der Waals surface area contributed by atoms with Gasteiger partial charge in [0.1, 0.15) is 16.1 Å². The molecular weight excluding hydrogens is 434 g/mol. The van der Waals surface area contributed by atoms with Crippen LogP contribution in [0.15, 0.2) is 47.7 Å². The third kappa shape index (κ3) is 4.73. The Morgan fingerprint density at radius 3 is 2.77 bits per heavy atom. The molecule has 2 aromatic rings. The number of rotatable bonds is 9. The third-order valence-electron chi connectivity index (χ3n) is 6.18. The molecule has 1 aromatic heterocycles. The molecule has 0 spiro atoms. The van der Waals surface area contributed by atoms with E-state index in [0.717, 1.165) is 41.4 Å². The van der Waals surface area contributed by atoms with Crippen molar-refractivity contribution in [1.29, 1.82) is 0 Å². The molecule has 0 bridgehead atoms. The second kappa shape index (κ2) is 8.81. The van der Waals surface area contributed by atoms with Crippen molar-refractivity contribution in [3.63, 3.8) is 0 Å². The highest BCUT2D eigenvalue weighted by atomic mass is 35.5. The quantitative estimate of drug-likeness (QED) is 0.560. The van der Waals surface area contributed by atoms with Gasteiger partial charge in [-0.15, -0.1) is 0 Å². The van der Waals surface area contributed by atoms with E-state index in [0.29, 0.717) is 37.6 Å². The van der Waals surface area contributed by atoms with Crippen LogP contribution in [0, 0.1) is 5.41 Å². The van der Waals surface area contributed by atoms with E-state index in [2.05, 4.69) is 33.4 Å². The minimum absolute atomic E-state index is 0.153. The van der Waals surface area contributed by atoms with Crippen LogP contribution in [-0.4, -0.2) is 44.4 Å². The van der Waals surface area contributed by atoms with Gasteiger partial charge in [0, 0.05) is 53.2 Å². The number of hydrogen-bond donors (Lipinski definition) is 2. The van der Waals surface area contributed by atoms with Gasteiger partial charge in [-0.2, -0.15) is 0 Å². The first kappa shape index (κ1) is 22.1. The number of nitrogens with zero attached hydrogens (tertiary/aromatic N) is 1. The Hall–Kier alpha value is -2.09.